The van der Waals surface area contributed by atoms with E-state index in [0.717, 1.165) is 5.39 Å². The summed E-state index contributed by atoms with van der Waals surface area (Å²) < 4.78 is 10.9. The zero-order valence-electron chi connectivity index (χ0n) is 27.8. The molecule has 0 saturated carbocycles. The summed E-state index contributed by atoms with van der Waals surface area (Å²) in [4.78, 5) is 75.4. The van der Waals surface area contributed by atoms with E-state index in [0.29, 0.717) is 42.0 Å². The van der Waals surface area contributed by atoms with E-state index in [1.807, 2.05) is 38.9 Å². The van der Waals surface area contributed by atoms with Crippen LogP contribution in [0.15, 0.2) is 36.5 Å². The number of ether oxygens (including phenoxy) is 2. The van der Waals surface area contributed by atoms with Gasteiger partial charge in [-0.3, -0.25) is 24.2 Å². The van der Waals surface area contributed by atoms with Gasteiger partial charge in [0.2, 0.25) is 11.8 Å². The Bertz CT molecular complexity index is 1630. The number of aryl methyl sites for hydroxylation is 1. The lowest BCUT2D eigenvalue weighted by Crippen LogP contribution is -2.53. The number of hydrogen-bond acceptors (Lipinski definition) is 9. The van der Waals surface area contributed by atoms with E-state index in [2.05, 4.69) is 25.9 Å². The van der Waals surface area contributed by atoms with Crippen LogP contribution in [0.3, 0.4) is 0 Å². The number of amides is 3. The molecule has 3 aromatic rings. The van der Waals surface area contributed by atoms with Gasteiger partial charge in [-0.1, -0.05) is 19.9 Å². The summed E-state index contributed by atoms with van der Waals surface area (Å²) in [6.45, 7) is 5.82. The number of Topliss-reactive ketones (excluding diaryl/α,β-unsaturated/α-hetero) is 1. The molecule has 2 aromatic heterocycles. The summed E-state index contributed by atoms with van der Waals surface area (Å²) in [7, 11) is 5.28. The monoisotopic (exact) mass is 648 g/mol. The highest BCUT2D eigenvalue weighted by atomic mass is 16.5. The Kier molecular flexibility index (Phi) is 11.7. The molecule has 252 valence electrons. The average molecular weight is 649 g/mol. The quantitative estimate of drug-likeness (QED) is 0.181. The molecule has 0 aliphatic carbocycles. The summed E-state index contributed by atoms with van der Waals surface area (Å²) in [6.07, 6.45) is 2.42. The van der Waals surface area contributed by atoms with Crippen LogP contribution in [0.5, 0.6) is 5.75 Å². The number of benzene rings is 1. The topological polar surface area (TPSA) is 172 Å². The lowest BCUT2D eigenvalue weighted by atomic mass is 9.95. The zero-order chi connectivity index (χ0) is 34.2. The maximum Gasteiger partial charge on any atom is 0.340 e. The van der Waals surface area contributed by atoms with E-state index >= 15 is 0 Å². The van der Waals surface area contributed by atoms with Crippen LogP contribution in [-0.2, 0) is 25.7 Å². The summed E-state index contributed by atoms with van der Waals surface area (Å²) in [5.41, 5.74) is 2.39. The SMILES string of the molecule is COc1cccc2[nH]c(C(=O)N[C@@H](CC(C)C)C(=O)N[C@@H](C[C@@H]3CCNC3=O)C(=O)COC(=O)c3c(CN(C)C)ccnc3C)cc12. The van der Waals surface area contributed by atoms with Crippen LogP contribution in [0.4, 0.5) is 0 Å². The predicted octanol–water partition coefficient (Wildman–Crippen LogP) is 2.52. The van der Waals surface area contributed by atoms with Gasteiger partial charge in [0.15, 0.2) is 12.4 Å². The molecule has 1 saturated heterocycles. The van der Waals surface area contributed by atoms with Crippen LogP contribution in [-0.4, -0.2) is 90.8 Å². The van der Waals surface area contributed by atoms with Gasteiger partial charge in [-0.15, -0.1) is 0 Å². The van der Waals surface area contributed by atoms with E-state index in [-0.39, 0.29) is 35.9 Å². The first kappa shape index (κ1) is 35.1. The molecule has 1 aromatic carbocycles. The number of nitrogens with zero attached hydrogens (tertiary/aromatic N) is 2. The molecule has 1 fully saturated rings. The van der Waals surface area contributed by atoms with Crippen LogP contribution < -0.4 is 20.7 Å². The van der Waals surface area contributed by atoms with Crippen LogP contribution in [0.1, 0.15) is 65.2 Å². The third-order valence-corrected chi connectivity index (χ3v) is 8.07. The maximum atomic E-state index is 13.7. The molecule has 0 spiro atoms. The van der Waals surface area contributed by atoms with Gasteiger partial charge in [0.05, 0.1) is 24.4 Å². The molecule has 0 radical (unpaired) electrons. The van der Waals surface area contributed by atoms with Crippen molar-refractivity contribution < 1.29 is 33.4 Å². The molecule has 0 bridgehead atoms. The van der Waals surface area contributed by atoms with Crippen LogP contribution in [0.25, 0.3) is 10.9 Å². The van der Waals surface area contributed by atoms with Crippen LogP contribution in [0.2, 0.25) is 0 Å². The van der Waals surface area contributed by atoms with Gasteiger partial charge < -0.3 is 35.3 Å². The van der Waals surface area contributed by atoms with Crippen LogP contribution >= 0.6 is 0 Å². The van der Waals surface area contributed by atoms with E-state index in [1.165, 1.54) is 0 Å². The third kappa shape index (κ3) is 8.94. The van der Waals surface area contributed by atoms with Crippen molar-refractivity contribution in [3.63, 3.8) is 0 Å². The number of methoxy groups -OCH3 is 1. The Morgan fingerprint density at radius 1 is 1.11 bits per heavy atom. The highest BCUT2D eigenvalue weighted by Gasteiger charge is 2.34. The van der Waals surface area contributed by atoms with Crippen molar-refractivity contribution in [2.45, 2.75) is 58.7 Å². The third-order valence-electron chi connectivity index (χ3n) is 8.07. The predicted molar refractivity (Wildman–Crippen MR) is 175 cm³/mol. The second-order valence-corrected chi connectivity index (χ2v) is 12.5. The Hall–Kier alpha value is -4.78. The van der Waals surface area contributed by atoms with Gasteiger partial charge in [-0.2, -0.15) is 0 Å². The van der Waals surface area contributed by atoms with Gasteiger partial charge in [-0.05, 0) is 76.0 Å². The van der Waals surface area contributed by atoms with Gasteiger partial charge >= 0.3 is 5.97 Å². The molecule has 4 rings (SSSR count). The zero-order valence-corrected chi connectivity index (χ0v) is 27.8. The number of fused-ring (bicyclic) bond motifs is 1. The lowest BCUT2D eigenvalue weighted by molar-refractivity contribution is -0.131. The molecule has 1 aliphatic rings. The molecule has 0 unspecified atom stereocenters. The van der Waals surface area contributed by atoms with Crippen LogP contribution in [0, 0.1) is 18.8 Å². The highest BCUT2D eigenvalue weighted by Crippen LogP contribution is 2.26. The minimum Gasteiger partial charge on any atom is -0.496 e. The number of aromatic amines is 1. The normalized spacial score (nSPS) is 15.7. The Labute approximate surface area is 274 Å². The highest BCUT2D eigenvalue weighted by molar-refractivity contribution is 6.02. The number of esters is 1. The van der Waals surface area contributed by atoms with Gasteiger partial charge in [0.1, 0.15) is 17.5 Å². The first-order valence-electron chi connectivity index (χ1n) is 15.7. The van der Waals surface area contributed by atoms with E-state index < -0.39 is 48.2 Å². The van der Waals surface area contributed by atoms with Crippen molar-refractivity contribution in [3.8, 4) is 5.75 Å². The van der Waals surface area contributed by atoms with Crippen molar-refractivity contribution in [2.75, 3.05) is 34.4 Å². The number of H-pyrrole nitrogens is 1. The summed E-state index contributed by atoms with van der Waals surface area (Å²) in [6, 6.07) is 6.65. The number of ketones is 1. The molecule has 3 amide bonds. The number of pyridine rings is 1. The first-order chi connectivity index (χ1) is 22.4. The molecular formula is C34H44N6O7. The number of rotatable bonds is 15. The van der Waals surface area contributed by atoms with Crippen molar-refractivity contribution in [1.82, 2.24) is 30.8 Å². The van der Waals surface area contributed by atoms with E-state index in [4.69, 9.17) is 9.47 Å². The van der Waals surface area contributed by atoms with E-state index in [1.54, 1.807) is 44.5 Å². The molecule has 13 nitrogen and oxygen atoms in total. The number of carbonyl (C=O) groups excluding carboxylic acids is 5. The number of carbonyl (C=O) groups is 5. The Balaban J connectivity index is 1.51. The number of hydrogen-bond donors (Lipinski definition) is 4. The van der Waals surface area contributed by atoms with Gasteiger partial charge in [0, 0.05) is 36.1 Å². The minimum absolute atomic E-state index is 0.0173. The fraction of sp³-hybridized carbons (Fsp3) is 0.471. The molecule has 4 N–H and O–H groups in total. The average Bonchev–Trinajstić information content (AvgIpc) is 3.64. The molecular weight excluding hydrogens is 604 g/mol. The molecule has 3 heterocycles. The summed E-state index contributed by atoms with van der Waals surface area (Å²) in [5, 5.41) is 9.03. The second kappa shape index (κ2) is 15.7. The molecule has 13 heteroatoms. The number of aromatic nitrogens is 2. The van der Waals surface area contributed by atoms with Crippen molar-refractivity contribution in [3.05, 3.63) is 59.0 Å². The standard InChI is InChI=1S/C34H44N6O7/c1-19(2)14-26(39-33(44)27-16-23-24(37-27)8-7-9-29(23)46-6)32(43)38-25(15-21-10-13-36-31(21)42)28(41)18-47-34(45)30-20(3)35-12-11-22(30)17-40(4)5/h7-9,11-12,16,19,21,25-26,37H,10,13-15,17-18H2,1-6H3,(H,36,42)(H,38,43)(H,39,44)/t21-,25-,26-/m0/s1. The fourth-order valence-electron chi connectivity index (χ4n) is 5.74. The first-order valence-corrected chi connectivity index (χ1v) is 15.7. The smallest absolute Gasteiger partial charge is 0.340 e. The molecule has 1 aliphatic heterocycles. The second-order valence-electron chi connectivity index (χ2n) is 12.5. The summed E-state index contributed by atoms with van der Waals surface area (Å²) >= 11 is 0. The van der Waals surface area contributed by atoms with Gasteiger partial charge in [-0.25, -0.2) is 4.79 Å². The van der Waals surface area contributed by atoms with Crippen molar-refractivity contribution in [1.29, 1.82) is 0 Å². The number of nitrogens with one attached hydrogen (secondary N) is 4. The van der Waals surface area contributed by atoms with Gasteiger partial charge in [0.25, 0.3) is 5.91 Å². The Morgan fingerprint density at radius 2 is 1.87 bits per heavy atom. The fourth-order valence-corrected chi connectivity index (χ4v) is 5.74. The molecule has 47 heavy (non-hydrogen) atoms. The summed E-state index contributed by atoms with van der Waals surface area (Å²) in [5.74, 6) is -2.47. The maximum absolute atomic E-state index is 13.7. The largest absolute Gasteiger partial charge is 0.496 e. The van der Waals surface area contributed by atoms with Crippen molar-refractivity contribution >= 4 is 40.4 Å². The van der Waals surface area contributed by atoms with E-state index in [9.17, 15) is 24.0 Å². The Morgan fingerprint density at radius 3 is 2.53 bits per heavy atom. The molecule has 3 atom stereocenters. The van der Waals surface area contributed by atoms with Crippen molar-refractivity contribution in [2.24, 2.45) is 11.8 Å². The minimum atomic E-state index is -1.13. The lowest BCUT2D eigenvalue weighted by Gasteiger charge is -2.25.